The summed E-state index contributed by atoms with van der Waals surface area (Å²) in [5.41, 5.74) is -7.30. The van der Waals surface area contributed by atoms with Crippen LogP contribution in [-0.2, 0) is 42.6 Å². The molecule has 8 aliphatic rings. The third-order valence-corrected chi connectivity index (χ3v) is 24.9. The van der Waals surface area contributed by atoms with Crippen LogP contribution in [0.2, 0.25) is 0 Å². The molecule has 35 atom stereocenters. The van der Waals surface area contributed by atoms with Gasteiger partial charge in [-0.25, -0.2) is 0 Å². The van der Waals surface area contributed by atoms with Crippen molar-refractivity contribution < 1.29 is 140 Å². The van der Waals surface area contributed by atoms with Crippen LogP contribution in [0.3, 0.4) is 0 Å². The number of allylic oxidation sites excluding steroid dienone is 1. The Hall–Kier alpha value is -1.38. The smallest absolute Gasteiger partial charge is 0.195 e. The van der Waals surface area contributed by atoms with Gasteiger partial charge in [0.1, 0.15) is 121 Å². The Morgan fingerprint density at radius 1 is 0.562 bits per heavy atom. The van der Waals surface area contributed by atoms with Gasteiger partial charge in [0.15, 0.2) is 5.79 Å². The highest BCUT2D eigenvalue weighted by Gasteiger charge is 2.63. The van der Waals surface area contributed by atoms with Crippen LogP contribution in [-0.4, -0.2) is 319 Å². The Labute approximate surface area is 564 Å². The fourth-order valence-corrected chi connectivity index (χ4v) is 18.0. The molecule has 0 amide bonds. The minimum atomic E-state index is -2.24. The van der Waals surface area contributed by atoms with Gasteiger partial charge in [0.05, 0.1) is 95.6 Å². The first-order valence-electron chi connectivity index (χ1n) is 34.7. The van der Waals surface area contributed by atoms with E-state index in [0.717, 1.165) is 12.8 Å². The zero-order valence-electron chi connectivity index (χ0n) is 58.3. The summed E-state index contributed by atoms with van der Waals surface area (Å²) in [4.78, 5) is 0. The van der Waals surface area contributed by atoms with Gasteiger partial charge >= 0.3 is 0 Å². The van der Waals surface area contributed by atoms with Gasteiger partial charge < -0.3 is 140 Å². The lowest BCUT2D eigenvalue weighted by atomic mass is 9.44. The Morgan fingerprint density at radius 3 is 1.60 bits per heavy atom. The van der Waals surface area contributed by atoms with Crippen molar-refractivity contribution in [2.75, 3.05) is 59.5 Å². The molecule has 7 fully saturated rings. The van der Waals surface area contributed by atoms with Crippen LogP contribution in [0.5, 0.6) is 0 Å². The lowest BCUT2D eigenvalue weighted by Gasteiger charge is -2.62. The Kier molecular flexibility index (Phi) is 25.4. The third-order valence-electron chi connectivity index (χ3n) is 24.9. The highest BCUT2D eigenvalue weighted by atomic mass is 16.7. The molecule has 560 valence electrons. The first-order chi connectivity index (χ1) is 44.5. The van der Waals surface area contributed by atoms with E-state index >= 15 is 0 Å². The molecule has 0 aromatic rings. The normalized spacial score (nSPS) is 50.2. The molecule has 4 saturated heterocycles. The van der Waals surface area contributed by atoms with E-state index < -0.39 is 218 Å². The van der Waals surface area contributed by atoms with Crippen LogP contribution in [0.1, 0.15) is 135 Å². The number of hydrogen-bond acceptors (Lipinski definition) is 28. The van der Waals surface area contributed by atoms with Crippen LogP contribution in [0.25, 0.3) is 0 Å². The molecule has 8 rings (SSSR count). The van der Waals surface area contributed by atoms with Crippen LogP contribution in [0.15, 0.2) is 11.6 Å². The monoisotopic (exact) mass is 1380 g/mol. The minimum Gasteiger partial charge on any atom is -0.394 e. The topological polar surface area (TPSA) is 467 Å². The SMILES string of the molecule is CC(CCC(OC[C@@]1(C)OC(COC[C@@]2(C)OC(CO)[C@H](O)C(O)[C@H]2O)[C@H](O)C(O)[C@H]1O[C@@]1(C)OC(CO)[C@H](O)C(O)[C@H]1O)C(C)(C)O)[C@H](C)C1CC(O)[C@@]2(C)C(CC=C3[C@@H]2CCC(OC[C@]2(C)CC(COC[C@]4(C)OC(CO)[C@@H](O)[C@@H](O)C4O)[C@@H](O)[C@@H](O)C2O)C3(C)C)[C@H]1C. The number of hydrogen-bond donors (Lipinski definition) is 19. The maximum Gasteiger partial charge on any atom is 0.195 e. The molecule has 3 saturated carbocycles. The van der Waals surface area contributed by atoms with Gasteiger partial charge in [-0.3, -0.25) is 0 Å². The Balaban J connectivity index is 0.914. The molecule has 16 unspecified atom stereocenters. The Bertz CT molecular complexity index is 2540. The molecule has 0 spiro atoms. The number of fused-ring (bicyclic) bond motifs is 3. The molecular weight excluding hydrogens is 1260 g/mol. The van der Waals surface area contributed by atoms with Gasteiger partial charge in [0.25, 0.3) is 0 Å². The van der Waals surface area contributed by atoms with E-state index in [-0.39, 0.29) is 67.9 Å². The van der Waals surface area contributed by atoms with E-state index in [2.05, 4.69) is 47.6 Å². The molecule has 4 aliphatic carbocycles. The average molecular weight is 1390 g/mol. The molecule has 0 aromatic heterocycles. The second kappa shape index (κ2) is 30.4. The fraction of sp³-hybridized carbons (Fsp3) is 0.971. The summed E-state index contributed by atoms with van der Waals surface area (Å²) in [6.45, 7) is 19.9. The standard InChI is InChI=1S/C68H120O28/c1-31(14-18-45(62(6,7)87)91-30-66(11)60(96-68(13)59(86)54(81)49(76)41(24-71)95-68)55(82)50(77)42(94-66)26-89-29-65(10)58(85)53(80)48(75)40(23-70)93-65)32(2)35-20-43(72)67(12)36(33(35)3)15-16-37-38(67)17-19-44(61(37,4)5)90-27-63(8)21-34(46(73)51(78)56(63)83)25-88-28-64(9)57(84)52(79)47(74)39(22-69)92-64/h16,31-36,38-60,69-87H,14-15,17-30H2,1-13H3/t31?,32-,33-,34?,35?,36?,38-,39?,40?,41?,42?,43?,44?,45?,46+,47+,48-,49-,50-,51+,52+,53?,54?,55?,56?,57?,58+,59+,60+,63-,64-,65+,66+,67-,68+/m0/s1. The van der Waals surface area contributed by atoms with Crippen molar-refractivity contribution in [3.63, 3.8) is 0 Å². The lowest BCUT2D eigenvalue weighted by Crippen LogP contribution is -2.72. The van der Waals surface area contributed by atoms with Crippen LogP contribution < -0.4 is 0 Å². The van der Waals surface area contributed by atoms with Crippen LogP contribution in [0, 0.1) is 57.7 Å². The molecule has 19 N–H and O–H groups in total. The predicted molar refractivity (Wildman–Crippen MR) is 339 cm³/mol. The lowest BCUT2D eigenvalue weighted by molar-refractivity contribution is -0.402. The van der Waals surface area contributed by atoms with E-state index in [1.165, 1.54) is 33.3 Å². The molecule has 28 nitrogen and oxygen atoms in total. The van der Waals surface area contributed by atoms with Crippen LogP contribution in [0.4, 0.5) is 0 Å². The second-order valence-corrected chi connectivity index (χ2v) is 32.7. The van der Waals surface area contributed by atoms with Gasteiger partial charge in [0.2, 0.25) is 0 Å². The summed E-state index contributed by atoms with van der Waals surface area (Å²) in [6, 6.07) is 0. The first-order valence-corrected chi connectivity index (χ1v) is 34.7. The predicted octanol–water partition coefficient (Wildman–Crippen LogP) is -2.95. The van der Waals surface area contributed by atoms with Gasteiger partial charge in [0, 0.05) is 22.2 Å². The second-order valence-electron chi connectivity index (χ2n) is 32.7. The molecule has 0 aromatic carbocycles. The van der Waals surface area contributed by atoms with Crippen molar-refractivity contribution >= 4 is 0 Å². The highest BCUT2D eigenvalue weighted by Crippen LogP contribution is 2.64. The van der Waals surface area contributed by atoms with E-state index in [1.807, 2.05) is 0 Å². The molecule has 4 heterocycles. The maximum absolute atomic E-state index is 12.6. The first kappa shape index (κ1) is 80.3. The summed E-state index contributed by atoms with van der Waals surface area (Å²) < 4.78 is 55.6. The van der Waals surface area contributed by atoms with Gasteiger partial charge in [-0.05, 0) is 122 Å². The number of rotatable bonds is 25. The fourth-order valence-electron chi connectivity index (χ4n) is 18.0. The zero-order valence-corrected chi connectivity index (χ0v) is 58.3. The van der Waals surface area contributed by atoms with Crippen molar-refractivity contribution in [3.8, 4) is 0 Å². The van der Waals surface area contributed by atoms with E-state index in [0.29, 0.717) is 25.7 Å². The van der Waals surface area contributed by atoms with Gasteiger partial charge in [-0.1, -0.05) is 60.1 Å². The Morgan fingerprint density at radius 2 is 1.06 bits per heavy atom. The van der Waals surface area contributed by atoms with E-state index in [4.69, 9.17) is 42.6 Å². The van der Waals surface area contributed by atoms with Crippen molar-refractivity contribution in [1.82, 2.24) is 0 Å². The number of aliphatic hydroxyl groups is 19. The summed E-state index contributed by atoms with van der Waals surface area (Å²) in [7, 11) is 0. The average Bonchev–Trinajstić information content (AvgIpc) is 0.712. The molecule has 0 radical (unpaired) electrons. The van der Waals surface area contributed by atoms with Crippen molar-refractivity contribution in [1.29, 1.82) is 0 Å². The van der Waals surface area contributed by atoms with E-state index in [1.54, 1.807) is 20.8 Å². The van der Waals surface area contributed by atoms with Crippen molar-refractivity contribution in [2.45, 2.75) is 297 Å². The zero-order chi connectivity index (χ0) is 71.7. The minimum absolute atomic E-state index is 0.0353. The molecule has 4 aliphatic heterocycles. The summed E-state index contributed by atoms with van der Waals surface area (Å²) in [5, 5.41) is 208. The summed E-state index contributed by atoms with van der Waals surface area (Å²) >= 11 is 0. The molecule has 28 heteroatoms. The molecule has 0 bridgehead atoms. The number of ether oxygens (including phenoxy) is 9. The molecular formula is C68H120O28. The van der Waals surface area contributed by atoms with Crippen LogP contribution >= 0.6 is 0 Å². The van der Waals surface area contributed by atoms with Gasteiger partial charge in [-0.2, -0.15) is 0 Å². The quantitative estimate of drug-likeness (QED) is 0.0406. The van der Waals surface area contributed by atoms with E-state index in [9.17, 15) is 97.0 Å². The largest absolute Gasteiger partial charge is 0.394 e. The summed E-state index contributed by atoms with van der Waals surface area (Å²) in [6.07, 6.45) is -25.9. The van der Waals surface area contributed by atoms with Gasteiger partial charge in [-0.15, -0.1) is 0 Å². The highest BCUT2D eigenvalue weighted by molar-refractivity contribution is 5.29. The number of aliphatic hydroxyl groups excluding tert-OH is 18. The summed E-state index contributed by atoms with van der Waals surface area (Å²) in [5.74, 6) is -2.36. The third kappa shape index (κ3) is 15.3. The van der Waals surface area contributed by atoms with Crippen molar-refractivity contribution in [2.24, 2.45) is 57.7 Å². The molecule has 96 heavy (non-hydrogen) atoms. The maximum atomic E-state index is 12.6. The van der Waals surface area contributed by atoms with Crippen molar-refractivity contribution in [3.05, 3.63) is 11.6 Å².